The summed E-state index contributed by atoms with van der Waals surface area (Å²) in [6, 6.07) is 0. The van der Waals surface area contributed by atoms with Crippen LogP contribution in [0, 0.1) is 0 Å². The summed E-state index contributed by atoms with van der Waals surface area (Å²) in [5.74, 6) is -0.491. The smallest absolute Gasteiger partial charge is 0.296 e. The van der Waals surface area contributed by atoms with Crippen molar-refractivity contribution >= 4 is 5.84 Å². The van der Waals surface area contributed by atoms with E-state index in [0.29, 0.717) is 0 Å². The van der Waals surface area contributed by atoms with Crippen LogP contribution in [0.3, 0.4) is 0 Å². The summed E-state index contributed by atoms with van der Waals surface area (Å²) in [4.78, 5) is 3.21. The molecular formula is C4H7F2N3O. The summed E-state index contributed by atoms with van der Waals surface area (Å²) < 4.78 is 23.5. The van der Waals surface area contributed by atoms with Crippen LogP contribution in [0.2, 0.25) is 0 Å². The molecule has 1 heterocycles. The molecule has 0 aromatic heterocycles. The van der Waals surface area contributed by atoms with E-state index in [0.717, 1.165) is 5.01 Å². The topological polar surface area (TPSA) is 47.9 Å². The summed E-state index contributed by atoms with van der Waals surface area (Å²) in [7, 11) is 1.42. The summed E-state index contributed by atoms with van der Waals surface area (Å²) in [5, 5.41) is 9.84. The van der Waals surface area contributed by atoms with E-state index in [2.05, 4.69) is 10.4 Å². The van der Waals surface area contributed by atoms with Crippen LogP contribution >= 0.6 is 0 Å². The van der Waals surface area contributed by atoms with E-state index < -0.39 is 18.6 Å². The largest absolute Gasteiger partial charge is 0.358 e. The Labute approximate surface area is 56.1 Å². The van der Waals surface area contributed by atoms with Gasteiger partial charge in [-0.05, 0) is 0 Å². The van der Waals surface area contributed by atoms with Crippen LogP contribution in [0.1, 0.15) is 0 Å². The normalized spacial score (nSPS) is 26.9. The lowest BCUT2D eigenvalue weighted by molar-refractivity contribution is 0.0279. The average molecular weight is 151 g/mol. The first-order valence-electron chi connectivity index (χ1n) is 2.64. The molecule has 0 aliphatic carbocycles. The van der Waals surface area contributed by atoms with Gasteiger partial charge in [0.1, 0.15) is 0 Å². The van der Waals surface area contributed by atoms with Gasteiger partial charge in [0.15, 0.2) is 5.84 Å². The monoisotopic (exact) mass is 151 g/mol. The minimum absolute atomic E-state index is 0.491. The van der Waals surface area contributed by atoms with Crippen molar-refractivity contribution in [1.29, 1.82) is 0 Å². The van der Waals surface area contributed by atoms with E-state index in [9.17, 15) is 8.78 Å². The molecule has 0 bridgehead atoms. The van der Waals surface area contributed by atoms with Gasteiger partial charge in [-0.3, -0.25) is 5.43 Å². The molecule has 0 spiro atoms. The van der Waals surface area contributed by atoms with E-state index in [-0.39, 0.29) is 0 Å². The maximum atomic E-state index is 11.8. The van der Waals surface area contributed by atoms with Crippen molar-refractivity contribution < 1.29 is 13.9 Å². The lowest BCUT2D eigenvalue weighted by Crippen LogP contribution is -2.39. The maximum absolute atomic E-state index is 11.8. The first-order valence-corrected chi connectivity index (χ1v) is 2.64. The Hall–Kier alpha value is -0.750. The van der Waals surface area contributed by atoms with Crippen LogP contribution < -0.4 is 5.43 Å². The zero-order valence-electron chi connectivity index (χ0n) is 5.25. The third-order valence-corrected chi connectivity index (χ3v) is 1.10. The fourth-order valence-corrected chi connectivity index (χ4v) is 0.583. The minimum Gasteiger partial charge on any atom is -0.358 e. The van der Waals surface area contributed by atoms with Gasteiger partial charge in [-0.2, -0.15) is 5.01 Å². The molecule has 1 aliphatic heterocycles. The van der Waals surface area contributed by atoms with Crippen molar-refractivity contribution in [3.63, 3.8) is 0 Å². The van der Waals surface area contributed by atoms with Crippen LogP contribution in [0.25, 0.3) is 0 Å². The second-order valence-electron chi connectivity index (χ2n) is 1.88. The Morgan fingerprint density at radius 1 is 1.80 bits per heavy atom. The molecule has 0 aromatic carbocycles. The highest BCUT2D eigenvalue weighted by atomic mass is 19.3. The van der Waals surface area contributed by atoms with Crippen LogP contribution in [-0.2, 0) is 0 Å². The molecule has 1 aliphatic rings. The van der Waals surface area contributed by atoms with Crippen LogP contribution in [0.5, 0.6) is 0 Å². The molecule has 0 aromatic rings. The summed E-state index contributed by atoms with van der Waals surface area (Å²) in [6.45, 7) is 0. The number of halogens is 2. The number of aliphatic hydroxyl groups is 1. The Bertz CT molecular complexity index is 161. The highest BCUT2D eigenvalue weighted by Crippen LogP contribution is 2.04. The first-order chi connectivity index (χ1) is 4.61. The van der Waals surface area contributed by atoms with Gasteiger partial charge in [0.05, 0.1) is 0 Å². The van der Waals surface area contributed by atoms with E-state index in [1.807, 2.05) is 0 Å². The molecule has 1 unspecified atom stereocenters. The molecule has 6 heteroatoms. The predicted octanol–water partition coefficient (Wildman–Crippen LogP) is -0.624. The van der Waals surface area contributed by atoms with Gasteiger partial charge < -0.3 is 5.11 Å². The Balaban J connectivity index is 2.58. The minimum atomic E-state index is -2.65. The maximum Gasteiger partial charge on any atom is 0.296 e. The SMILES string of the molecule is CN1NC(C(F)F)=NC1O. The lowest BCUT2D eigenvalue weighted by Gasteiger charge is -2.11. The van der Waals surface area contributed by atoms with Crippen molar-refractivity contribution in [3.8, 4) is 0 Å². The second-order valence-corrected chi connectivity index (χ2v) is 1.88. The third-order valence-electron chi connectivity index (χ3n) is 1.10. The molecule has 1 atom stereocenters. The molecule has 2 N–H and O–H groups in total. The number of rotatable bonds is 1. The zero-order chi connectivity index (χ0) is 7.72. The van der Waals surface area contributed by atoms with Gasteiger partial charge >= 0.3 is 0 Å². The molecule has 10 heavy (non-hydrogen) atoms. The van der Waals surface area contributed by atoms with E-state index >= 15 is 0 Å². The number of aliphatic hydroxyl groups excluding tert-OH is 1. The van der Waals surface area contributed by atoms with Crippen molar-refractivity contribution in [2.45, 2.75) is 12.8 Å². The molecule has 0 amide bonds. The average Bonchev–Trinajstić information content (AvgIpc) is 2.13. The van der Waals surface area contributed by atoms with Gasteiger partial charge in [-0.15, -0.1) is 0 Å². The molecule has 1 rings (SSSR count). The van der Waals surface area contributed by atoms with Gasteiger partial charge in [-0.1, -0.05) is 0 Å². The fraction of sp³-hybridized carbons (Fsp3) is 0.750. The van der Waals surface area contributed by atoms with E-state index in [4.69, 9.17) is 5.11 Å². The molecule has 0 fully saturated rings. The van der Waals surface area contributed by atoms with E-state index in [1.54, 1.807) is 0 Å². The second kappa shape index (κ2) is 2.47. The lowest BCUT2D eigenvalue weighted by atomic mass is 10.6. The molecule has 0 saturated carbocycles. The fourth-order valence-electron chi connectivity index (χ4n) is 0.583. The number of hydrazine groups is 1. The van der Waals surface area contributed by atoms with Gasteiger partial charge in [0.25, 0.3) is 6.43 Å². The van der Waals surface area contributed by atoms with Gasteiger partial charge in [0.2, 0.25) is 6.35 Å². The van der Waals surface area contributed by atoms with Crippen LogP contribution in [-0.4, -0.2) is 35.8 Å². The van der Waals surface area contributed by atoms with Gasteiger partial charge in [0, 0.05) is 7.05 Å². The Kier molecular flexibility index (Phi) is 1.82. The highest BCUT2D eigenvalue weighted by Gasteiger charge is 2.25. The molecule has 4 nitrogen and oxygen atoms in total. The highest BCUT2D eigenvalue weighted by molar-refractivity contribution is 5.85. The zero-order valence-corrected chi connectivity index (χ0v) is 5.25. The van der Waals surface area contributed by atoms with Crippen molar-refractivity contribution in [3.05, 3.63) is 0 Å². The molecule has 0 radical (unpaired) electrons. The molecular weight excluding hydrogens is 144 g/mol. The predicted molar refractivity (Wildman–Crippen MR) is 30.3 cm³/mol. The van der Waals surface area contributed by atoms with Gasteiger partial charge in [-0.25, -0.2) is 13.8 Å². The van der Waals surface area contributed by atoms with Crippen molar-refractivity contribution in [2.75, 3.05) is 7.05 Å². The summed E-state index contributed by atoms with van der Waals surface area (Å²) >= 11 is 0. The van der Waals surface area contributed by atoms with Crippen molar-refractivity contribution in [2.24, 2.45) is 4.99 Å². The standard InChI is InChI=1S/C4H7F2N3O/c1-9-4(10)7-3(8-9)2(5)6/h2,4,10H,1H3,(H,7,8). The van der Waals surface area contributed by atoms with Crippen LogP contribution in [0.15, 0.2) is 4.99 Å². The summed E-state index contributed by atoms with van der Waals surface area (Å²) in [5.41, 5.74) is 2.19. The molecule has 0 saturated heterocycles. The summed E-state index contributed by atoms with van der Waals surface area (Å²) in [6.07, 6.45) is -3.84. The Morgan fingerprint density at radius 3 is 2.60 bits per heavy atom. The third kappa shape index (κ3) is 1.22. The number of alkyl halides is 2. The number of hydrogen-bond acceptors (Lipinski definition) is 4. The Morgan fingerprint density at radius 2 is 2.40 bits per heavy atom. The molecule has 58 valence electrons. The number of aliphatic imine (C=N–C) groups is 1. The number of nitrogens with zero attached hydrogens (tertiary/aromatic N) is 2. The quantitative estimate of drug-likeness (QED) is 0.525. The number of hydrogen-bond donors (Lipinski definition) is 2. The number of amidine groups is 1. The van der Waals surface area contributed by atoms with Crippen molar-refractivity contribution in [1.82, 2.24) is 10.4 Å². The van der Waals surface area contributed by atoms with Crippen LogP contribution in [0.4, 0.5) is 8.78 Å². The number of nitrogens with one attached hydrogen (secondary N) is 1. The van der Waals surface area contributed by atoms with E-state index in [1.165, 1.54) is 7.05 Å². The first kappa shape index (κ1) is 7.36.